The van der Waals surface area contributed by atoms with E-state index in [1.54, 1.807) is 0 Å². The molecule has 0 aliphatic rings. The van der Waals surface area contributed by atoms with Crippen LogP contribution in [0.1, 0.15) is 68.2 Å². The molecule has 0 spiro atoms. The Kier molecular flexibility index (Phi) is 10.3. The monoisotopic (exact) mass is 294 g/mol. The summed E-state index contributed by atoms with van der Waals surface area (Å²) in [6.45, 7) is 18.2. The number of aliphatic imine (C=N–C) groups is 1. The van der Waals surface area contributed by atoms with E-state index in [-0.39, 0.29) is 0 Å². The molecule has 0 radical (unpaired) electrons. The van der Waals surface area contributed by atoms with Crippen LogP contribution >= 0.6 is 0 Å². The lowest BCUT2D eigenvalue weighted by atomic mass is 10.2. The van der Waals surface area contributed by atoms with Crippen LogP contribution in [-0.4, -0.2) is 36.0 Å². The average molecular weight is 294 g/mol. The van der Waals surface area contributed by atoms with Crippen molar-refractivity contribution >= 4 is 20.1 Å². The van der Waals surface area contributed by atoms with Crippen molar-refractivity contribution in [3.05, 3.63) is 11.8 Å². The van der Waals surface area contributed by atoms with Gasteiger partial charge < -0.3 is 3.88 Å². The second kappa shape index (κ2) is 10.5. The van der Waals surface area contributed by atoms with E-state index >= 15 is 0 Å². The molecule has 0 heterocycles. The first-order chi connectivity index (χ1) is 9.40. The molecule has 0 saturated heterocycles. The summed E-state index contributed by atoms with van der Waals surface area (Å²) in [4.78, 5) is 4.76. The van der Waals surface area contributed by atoms with E-state index in [2.05, 4.69) is 65.3 Å². The van der Waals surface area contributed by atoms with Crippen molar-refractivity contribution in [1.29, 1.82) is 0 Å². The van der Waals surface area contributed by atoms with Gasteiger partial charge in [0.05, 0.1) is 0 Å². The molecule has 0 bridgehead atoms. The molecule has 0 unspecified atom stereocenters. The zero-order valence-corrected chi connectivity index (χ0v) is 16.2. The quantitative estimate of drug-likeness (QED) is 0.417. The van der Waals surface area contributed by atoms with Crippen molar-refractivity contribution in [3.8, 4) is 0 Å². The molecule has 0 aliphatic heterocycles. The van der Waals surface area contributed by atoms with Gasteiger partial charge >= 0.3 is 14.4 Å². The third kappa shape index (κ3) is 6.46. The first-order valence-corrected chi connectivity index (χ1v) is 10.6. The van der Waals surface area contributed by atoms with Crippen LogP contribution in [0.5, 0.6) is 0 Å². The van der Waals surface area contributed by atoms with E-state index in [9.17, 15) is 0 Å². The van der Waals surface area contributed by atoms with E-state index in [4.69, 9.17) is 4.99 Å². The highest BCUT2D eigenvalue weighted by Gasteiger charge is 2.26. The van der Waals surface area contributed by atoms with E-state index in [0.717, 1.165) is 12.8 Å². The molecule has 0 aromatic carbocycles. The fourth-order valence-corrected chi connectivity index (χ4v) is 5.72. The second-order valence-electron chi connectivity index (χ2n) is 6.03. The van der Waals surface area contributed by atoms with E-state index in [0.29, 0.717) is 12.1 Å². The molecule has 0 amide bonds. The number of nitrogens with zero attached hydrogens (tertiary/aromatic N) is 2. The van der Waals surface area contributed by atoms with Gasteiger partial charge in [-0.25, -0.2) is 0 Å². The molecule has 0 atom stereocenters. The summed E-state index contributed by atoms with van der Waals surface area (Å²) in [5.74, 6) is 0. The van der Waals surface area contributed by atoms with Crippen LogP contribution in [-0.2, 0) is 0 Å². The van der Waals surface area contributed by atoms with E-state index in [1.807, 2.05) is 0 Å². The summed E-state index contributed by atoms with van der Waals surface area (Å²) >= 11 is -0.836. The van der Waals surface area contributed by atoms with Gasteiger partial charge in [-0.1, -0.05) is 38.3 Å². The fourth-order valence-electron chi connectivity index (χ4n) is 2.78. The van der Waals surface area contributed by atoms with Gasteiger partial charge in [0.15, 0.2) is 0 Å². The molecule has 0 fully saturated rings. The smallest absolute Gasteiger partial charge is 0.413 e. The molecule has 2 nitrogen and oxygen atoms in total. The summed E-state index contributed by atoms with van der Waals surface area (Å²) in [6.07, 6.45) is 4.50. The minimum Gasteiger partial charge on any atom is -0.464 e. The lowest BCUT2D eigenvalue weighted by Crippen LogP contribution is -2.42. The highest BCUT2D eigenvalue weighted by molar-refractivity contribution is 6.56. The van der Waals surface area contributed by atoms with Crippen molar-refractivity contribution in [3.63, 3.8) is 0 Å². The number of hydrogen-bond donors (Lipinski definition) is 0. The molecule has 3 heteroatoms. The van der Waals surface area contributed by atoms with Crippen LogP contribution in [0, 0.1) is 0 Å². The Morgan fingerprint density at radius 1 is 1.00 bits per heavy atom. The lowest BCUT2D eigenvalue weighted by molar-refractivity contribution is 0.424. The normalized spacial score (nSPS) is 13.3. The Morgan fingerprint density at radius 2 is 1.55 bits per heavy atom. The number of hydrogen-bond acceptors (Lipinski definition) is 2. The van der Waals surface area contributed by atoms with Gasteiger partial charge in [-0.3, -0.25) is 4.99 Å². The fraction of sp³-hybridized carbons (Fsp3) is 0.824. The Labute approximate surface area is 132 Å². The van der Waals surface area contributed by atoms with Gasteiger partial charge in [-0.2, -0.15) is 0 Å². The molecule has 0 aromatic rings. The zero-order valence-electron chi connectivity index (χ0n) is 15.0. The van der Waals surface area contributed by atoms with Crippen LogP contribution in [0.4, 0.5) is 0 Å². The summed E-state index contributed by atoms with van der Waals surface area (Å²) in [7, 11) is 0. The Hall–Kier alpha value is -0.258. The SMILES string of the molecule is CCC(/C=C(/CC)[N](C(C)C)[Al]([CH2]C)[CH2]C)=NC(C)C. The molecule has 0 aromatic heterocycles. The average Bonchev–Trinajstić information content (AvgIpc) is 2.40. The van der Waals surface area contributed by atoms with Gasteiger partial charge in [0.2, 0.25) is 0 Å². The van der Waals surface area contributed by atoms with Crippen LogP contribution < -0.4 is 0 Å². The number of allylic oxidation sites excluding steroid dienone is 2. The standard InChI is InChI=1S/C13H25N2.2C2H5.Al/c1-7-12(14-10(3)4)9-13(8-2)15-11(5)6;2*1-2;/h9-11H,7-8H2,1-6H3;2*1H2,2H3;/q-1;;;+1/b12-9-,15-13?;;;. The first kappa shape index (κ1) is 19.7. The summed E-state index contributed by atoms with van der Waals surface area (Å²) in [5, 5.41) is 2.68. The van der Waals surface area contributed by atoms with Gasteiger partial charge in [-0.05, 0) is 58.4 Å². The largest absolute Gasteiger partial charge is 0.464 e. The molecular weight excluding hydrogens is 259 g/mol. The predicted octanol–water partition coefficient (Wildman–Crippen LogP) is 5.28. The molecule has 0 saturated carbocycles. The van der Waals surface area contributed by atoms with Gasteiger partial charge in [0.25, 0.3) is 0 Å². The maximum atomic E-state index is 4.76. The minimum absolute atomic E-state index is 0.386. The van der Waals surface area contributed by atoms with E-state index in [1.165, 1.54) is 22.0 Å². The van der Waals surface area contributed by atoms with Crippen LogP contribution in [0.3, 0.4) is 0 Å². The van der Waals surface area contributed by atoms with Gasteiger partial charge in [0.1, 0.15) is 0 Å². The zero-order chi connectivity index (χ0) is 15.7. The first-order valence-electron chi connectivity index (χ1n) is 8.46. The summed E-state index contributed by atoms with van der Waals surface area (Å²) in [6, 6.07) is 0.993. The van der Waals surface area contributed by atoms with E-state index < -0.39 is 14.4 Å². The maximum absolute atomic E-state index is 4.76. The Balaban J connectivity index is 5.46. The van der Waals surface area contributed by atoms with Gasteiger partial charge in [-0.15, -0.1) is 0 Å². The molecule has 20 heavy (non-hydrogen) atoms. The van der Waals surface area contributed by atoms with Crippen molar-refractivity contribution in [2.24, 2.45) is 4.99 Å². The molecule has 0 N–H and O–H groups in total. The minimum atomic E-state index is -0.836. The third-order valence-electron chi connectivity index (χ3n) is 3.71. The lowest BCUT2D eigenvalue weighted by Gasteiger charge is -2.37. The maximum Gasteiger partial charge on any atom is 0.413 e. The van der Waals surface area contributed by atoms with Crippen molar-refractivity contribution in [2.75, 3.05) is 0 Å². The Bertz CT molecular complexity index is 315. The van der Waals surface area contributed by atoms with Crippen LogP contribution in [0.25, 0.3) is 0 Å². The third-order valence-corrected chi connectivity index (χ3v) is 7.31. The van der Waals surface area contributed by atoms with Crippen LogP contribution in [0.2, 0.25) is 10.6 Å². The topological polar surface area (TPSA) is 15.6 Å². The van der Waals surface area contributed by atoms with Crippen LogP contribution in [0.15, 0.2) is 16.8 Å². The van der Waals surface area contributed by atoms with Gasteiger partial charge in [0, 0.05) is 11.8 Å². The predicted molar refractivity (Wildman–Crippen MR) is 94.9 cm³/mol. The second-order valence-corrected chi connectivity index (χ2v) is 9.53. The van der Waals surface area contributed by atoms with Crippen molar-refractivity contribution in [2.45, 2.75) is 90.9 Å². The number of rotatable bonds is 9. The van der Waals surface area contributed by atoms with Crippen molar-refractivity contribution in [1.82, 2.24) is 3.88 Å². The Morgan fingerprint density at radius 3 is 1.85 bits per heavy atom. The molecule has 0 rings (SSSR count). The highest BCUT2D eigenvalue weighted by atomic mass is 27.2. The highest BCUT2D eigenvalue weighted by Crippen LogP contribution is 2.20. The molecule has 0 aliphatic carbocycles. The summed E-state index contributed by atoms with van der Waals surface area (Å²) < 4.78 is 2.74. The summed E-state index contributed by atoms with van der Waals surface area (Å²) in [5.41, 5.74) is 2.75. The van der Waals surface area contributed by atoms with Crippen molar-refractivity contribution < 1.29 is 0 Å². The molecular formula is C17H35AlN2. The molecule has 116 valence electrons.